The Morgan fingerprint density at radius 3 is 2.81 bits per heavy atom. The van der Waals surface area contributed by atoms with Crippen molar-refractivity contribution in [2.75, 3.05) is 13.7 Å². The predicted octanol–water partition coefficient (Wildman–Crippen LogP) is 2.20. The van der Waals surface area contributed by atoms with E-state index >= 15 is 0 Å². The molecule has 5 rings (SSSR count). The van der Waals surface area contributed by atoms with Crippen molar-refractivity contribution in [2.45, 2.75) is 19.0 Å². The second-order valence-electron chi connectivity index (χ2n) is 7.66. The highest BCUT2D eigenvalue weighted by Gasteiger charge is 2.48. The number of aromatic nitrogens is 1. The van der Waals surface area contributed by atoms with Gasteiger partial charge >= 0.3 is 6.03 Å². The Kier molecular flexibility index (Phi) is 4.60. The molecule has 3 aromatic rings. The third kappa shape index (κ3) is 3.35. The lowest BCUT2D eigenvalue weighted by Crippen LogP contribution is -2.54. The first kappa shape index (κ1) is 20.0. The van der Waals surface area contributed by atoms with Crippen molar-refractivity contribution in [1.82, 2.24) is 20.5 Å². The Balaban J connectivity index is 1.47. The molecule has 0 aliphatic carbocycles. The second-order valence-corrected chi connectivity index (χ2v) is 8.90. The van der Waals surface area contributed by atoms with Crippen LogP contribution in [-0.2, 0) is 11.3 Å². The molecule has 1 fully saturated rings. The molecule has 2 aliphatic rings. The molecule has 2 N–H and O–H groups in total. The molecule has 8 nitrogen and oxygen atoms in total. The number of fused-ring (bicyclic) bond motifs is 2. The molecule has 2 aromatic carbocycles. The number of amides is 4. The summed E-state index contributed by atoms with van der Waals surface area (Å²) < 4.78 is 6.26. The van der Waals surface area contributed by atoms with Crippen LogP contribution in [-0.4, -0.2) is 46.9 Å². The van der Waals surface area contributed by atoms with Crippen LogP contribution in [0.1, 0.15) is 26.5 Å². The number of aryl methyl sites for hydroxylation is 1. The van der Waals surface area contributed by atoms with Crippen molar-refractivity contribution in [2.24, 2.45) is 0 Å². The first-order valence-electron chi connectivity index (χ1n) is 9.87. The van der Waals surface area contributed by atoms with Crippen LogP contribution in [0.4, 0.5) is 4.79 Å². The standard InChI is InChI=1S/C23H18N4O4S/c1-13-24-18-9-14(3-6-19(18)32-13)7-8-23(21(29)25-22(30)26-23)12-27-11-15-4-5-16(31-2)10-17(15)20(27)28/h3-6,9-10H,11-12H2,1-2H3,(H2,25,26,29,30)/t23-/m1/s1. The quantitative estimate of drug-likeness (QED) is 0.475. The number of rotatable bonds is 3. The predicted molar refractivity (Wildman–Crippen MR) is 118 cm³/mol. The molecule has 0 saturated carbocycles. The number of hydrogen-bond acceptors (Lipinski definition) is 6. The number of methoxy groups -OCH3 is 1. The maximum Gasteiger partial charge on any atom is 0.323 e. The summed E-state index contributed by atoms with van der Waals surface area (Å²) >= 11 is 1.59. The van der Waals surface area contributed by atoms with E-state index in [4.69, 9.17) is 4.74 Å². The molecule has 160 valence electrons. The summed E-state index contributed by atoms with van der Waals surface area (Å²) in [5.41, 5.74) is 1.28. The highest BCUT2D eigenvalue weighted by molar-refractivity contribution is 7.18. The van der Waals surface area contributed by atoms with E-state index in [1.54, 1.807) is 23.5 Å². The van der Waals surface area contributed by atoms with Gasteiger partial charge in [0.05, 0.1) is 28.9 Å². The number of thiazole rings is 1. The van der Waals surface area contributed by atoms with E-state index in [0.29, 0.717) is 23.4 Å². The van der Waals surface area contributed by atoms with Gasteiger partial charge in [-0.05, 0) is 42.8 Å². The van der Waals surface area contributed by atoms with E-state index < -0.39 is 17.5 Å². The largest absolute Gasteiger partial charge is 0.497 e. The molecule has 1 saturated heterocycles. The van der Waals surface area contributed by atoms with Crippen molar-refractivity contribution < 1.29 is 19.1 Å². The molecule has 3 heterocycles. The lowest BCUT2D eigenvalue weighted by Gasteiger charge is -2.26. The number of imide groups is 1. The van der Waals surface area contributed by atoms with Crippen LogP contribution in [0.5, 0.6) is 5.75 Å². The Hall–Kier alpha value is -3.90. The van der Waals surface area contributed by atoms with Gasteiger partial charge < -0.3 is 15.0 Å². The van der Waals surface area contributed by atoms with Gasteiger partial charge in [0.15, 0.2) is 0 Å². The van der Waals surface area contributed by atoms with E-state index in [0.717, 1.165) is 20.8 Å². The van der Waals surface area contributed by atoms with Crippen molar-refractivity contribution in [3.05, 3.63) is 58.1 Å². The molecule has 0 spiro atoms. The Bertz CT molecular complexity index is 1370. The SMILES string of the molecule is COc1ccc2c(c1)C(=O)N(C[C@@]1(C#Cc3ccc4sc(C)nc4c3)NC(=O)NC1=O)C2. The van der Waals surface area contributed by atoms with Gasteiger partial charge in [0.2, 0.25) is 5.54 Å². The average Bonchev–Trinajstić information content (AvgIpc) is 3.38. The Morgan fingerprint density at radius 1 is 1.22 bits per heavy atom. The summed E-state index contributed by atoms with van der Waals surface area (Å²) in [6.45, 7) is 2.17. The zero-order valence-electron chi connectivity index (χ0n) is 17.3. The van der Waals surface area contributed by atoms with Gasteiger partial charge in [0.25, 0.3) is 11.8 Å². The van der Waals surface area contributed by atoms with E-state index in [9.17, 15) is 14.4 Å². The molecule has 0 radical (unpaired) electrons. The monoisotopic (exact) mass is 446 g/mol. The number of urea groups is 1. The smallest absolute Gasteiger partial charge is 0.323 e. The minimum absolute atomic E-state index is 0.0779. The summed E-state index contributed by atoms with van der Waals surface area (Å²) in [6, 6.07) is 10.3. The second kappa shape index (κ2) is 7.35. The van der Waals surface area contributed by atoms with Gasteiger partial charge in [-0.3, -0.25) is 14.9 Å². The summed E-state index contributed by atoms with van der Waals surface area (Å²) in [5, 5.41) is 5.82. The third-order valence-corrected chi connectivity index (χ3v) is 6.43. The molecule has 2 aliphatic heterocycles. The van der Waals surface area contributed by atoms with Crippen LogP contribution >= 0.6 is 11.3 Å². The van der Waals surface area contributed by atoms with Crippen molar-refractivity contribution in [3.8, 4) is 17.6 Å². The number of carbonyl (C=O) groups is 3. The van der Waals surface area contributed by atoms with Crippen molar-refractivity contribution in [3.63, 3.8) is 0 Å². The normalized spacial score (nSPS) is 19.4. The van der Waals surface area contributed by atoms with Gasteiger partial charge in [-0.1, -0.05) is 17.9 Å². The van der Waals surface area contributed by atoms with E-state index in [2.05, 4.69) is 27.5 Å². The van der Waals surface area contributed by atoms with Gasteiger partial charge in [0.1, 0.15) is 5.75 Å². The molecule has 4 amide bonds. The maximum atomic E-state index is 13.0. The molecule has 1 atom stereocenters. The highest BCUT2D eigenvalue weighted by Crippen LogP contribution is 2.28. The van der Waals surface area contributed by atoms with Crippen molar-refractivity contribution >= 4 is 39.4 Å². The van der Waals surface area contributed by atoms with E-state index in [1.165, 1.54) is 12.0 Å². The first-order chi connectivity index (χ1) is 15.4. The van der Waals surface area contributed by atoms with Gasteiger partial charge in [-0.2, -0.15) is 0 Å². The Labute approximate surface area is 187 Å². The van der Waals surface area contributed by atoms with Crippen LogP contribution in [0.25, 0.3) is 10.2 Å². The van der Waals surface area contributed by atoms with Crippen LogP contribution in [0.3, 0.4) is 0 Å². The number of nitrogens with one attached hydrogen (secondary N) is 2. The maximum absolute atomic E-state index is 13.0. The molecule has 1 aromatic heterocycles. The zero-order chi connectivity index (χ0) is 22.5. The molecule has 32 heavy (non-hydrogen) atoms. The van der Waals surface area contributed by atoms with Gasteiger partial charge in [-0.25, -0.2) is 9.78 Å². The number of hydrogen-bond donors (Lipinski definition) is 2. The number of ether oxygens (including phenoxy) is 1. The number of benzene rings is 2. The Morgan fingerprint density at radius 2 is 2.06 bits per heavy atom. The fourth-order valence-electron chi connectivity index (χ4n) is 3.91. The van der Waals surface area contributed by atoms with Crippen LogP contribution < -0.4 is 15.4 Å². The van der Waals surface area contributed by atoms with E-state index in [-0.39, 0.29) is 12.5 Å². The molecule has 0 unspecified atom stereocenters. The first-order valence-corrected chi connectivity index (χ1v) is 10.7. The number of nitrogens with zero attached hydrogens (tertiary/aromatic N) is 2. The summed E-state index contributed by atoms with van der Waals surface area (Å²) in [4.78, 5) is 43.7. The highest BCUT2D eigenvalue weighted by atomic mass is 32.1. The summed E-state index contributed by atoms with van der Waals surface area (Å²) in [7, 11) is 1.53. The molecule has 0 bridgehead atoms. The fourth-order valence-corrected chi connectivity index (χ4v) is 4.72. The van der Waals surface area contributed by atoms with E-state index in [1.807, 2.05) is 31.2 Å². The third-order valence-electron chi connectivity index (χ3n) is 5.48. The summed E-state index contributed by atoms with van der Waals surface area (Å²) in [5.74, 6) is 5.67. The topological polar surface area (TPSA) is 101 Å². The zero-order valence-corrected chi connectivity index (χ0v) is 18.1. The molecular weight excluding hydrogens is 428 g/mol. The van der Waals surface area contributed by atoms with Gasteiger partial charge in [-0.15, -0.1) is 11.3 Å². The number of carbonyl (C=O) groups excluding carboxylic acids is 3. The fraction of sp³-hybridized carbons (Fsp3) is 0.217. The van der Waals surface area contributed by atoms with Crippen LogP contribution in [0.2, 0.25) is 0 Å². The molecule has 9 heteroatoms. The average molecular weight is 446 g/mol. The lowest BCUT2D eigenvalue weighted by atomic mass is 9.99. The van der Waals surface area contributed by atoms with Crippen LogP contribution in [0.15, 0.2) is 36.4 Å². The van der Waals surface area contributed by atoms with Crippen molar-refractivity contribution in [1.29, 1.82) is 0 Å². The van der Waals surface area contributed by atoms with Gasteiger partial charge in [0, 0.05) is 17.7 Å². The minimum Gasteiger partial charge on any atom is -0.497 e. The lowest BCUT2D eigenvalue weighted by molar-refractivity contribution is -0.122. The molecular formula is C23H18N4O4S. The summed E-state index contributed by atoms with van der Waals surface area (Å²) in [6.07, 6.45) is 0. The minimum atomic E-state index is -1.55. The van der Waals surface area contributed by atoms with Crippen LogP contribution in [0, 0.1) is 18.8 Å².